The predicted octanol–water partition coefficient (Wildman–Crippen LogP) is 3.33. The smallest absolute Gasteiger partial charge is 0.272 e. The van der Waals surface area contributed by atoms with Crippen molar-refractivity contribution < 1.29 is 19.5 Å². The number of nitro benzene ring substituents is 1. The first-order chi connectivity index (χ1) is 12.1. The number of hydrogen-bond donors (Lipinski definition) is 1. The van der Waals surface area contributed by atoms with Crippen molar-refractivity contribution in [1.82, 2.24) is 0 Å². The van der Waals surface area contributed by atoms with Crippen LogP contribution in [0.15, 0.2) is 48.5 Å². The molecule has 2 aromatic carbocycles. The molecule has 2 aromatic rings. The average Bonchev–Trinajstić information content (AvgIpc) is 2.68. The summed E-state index contributed by atoms with van der Waals surface area (Å²) in [4.78, 5) is 10.9. The van der Waals surface area contributed by atoms with E-state index in [9.17, 15) is 15.2 Å². The summed E-state index contributed by atoms with van der Waals surface area (Å²) in [6.07, 6.45) is 0.793. The van der Waals surface area contributed by atoms with Gasteiger partial charge in [-0.05, 0) is 18.6 Å². The highest BCUT2D eigenvalue weighted by molar-refractivity contribution is 5.48. The van der Waals surface area contributed by atoms with Crippen LogP contribution in [0.2, 0.25) is 0 Å². The Morgan fingerprint density at radius 1 is 1.16 bits per heavy atom. The van der Waals surface area contributed by atoms with Crippen LogP contribution in [0.25, 0.3) is 0 Å². The van der Waals surface area contributed by atoms with Crippen LogP contribution < -0.4 is 0 Å². The summed E-state index contributed by atoms with van der Waals surface area (Å²) in [5, 5.41) is 20.8. The molecule has 0 bridgehead atoms. The van der Waals surface area contributed by atoms with Gasteiger partial charge in [-0.1, -0.05) is 37.3 Å². The van der Waals surface area contributed by atoms with E-state index in [1.54, 1.807) is 19.1 Å². The Morgan fingerprint density at radius 3 is 2.44 bits per heavy atom. The molecule has 1 aliphatic heterocycles. The highest BCUT2D eigenvalue weighted by atomic mass is 16.7. The van der Waals surface area contributed by atoms with Gasteiger partial charge in [0.25, 0.3) is 5.69 Å². The zero-order valence-electron chi connectivity index (χ0n) is 14.1. The van der Waals surface area contributed by atoms with Crippen molar-refractivity contribution in [3.05, 3.63) is 75.3 Å². The Labute approximate surface area is 146 Å². The number of aliphatic hydroxyl groups is 1. The zero-order chi connectivity index (χ0) is 17.9. The Hall–Kier alpha value is -2.28. The lowest BCUT2D eigenvalue weighted by Crippen LogP contribution is -2.39. The van der Waals surface area contributed by atoms with Gasteiger partial charge in [0.05, 0.1) is 18.1 Å². The second-order valence-corrected chi connectivity index (χ2v) is 6.15. The van der Waals surface area contributed by atoms with Crippen molar-refractivity contribution >= 4 is 5.69 Å². The predicted molar refractivity (Wildman–Crippen MR) is 92.3 cm³/mol. The van der Waals surface area contributed by atoms with Gasteiger partial charge in [0.1, 0.15) is 0 Å². The Balaban J connectivity index is 2.15. The summed E-state index contributed by atoms with van der Waals surface area (Å²) in [5.74, 6) is -1.45. The first kappa shape index (κ1) is 17.5. The molecule has 1 heterocycles. The molecule has 132 valence electrons. The Kier molecular flexibility index (Phi) is 5.13. The van der Waals surface area contributed by atoms with E-state index in [1.165, 1.54) is 6.07 Å². The SMILES string of the molecule is CC(CO)c1cc(C2(c3ccccc3)OCCCO2)ccc1[N+](=O)[O-]. The molecule has 0 amide bonds. The van der Waals surface area contributed by atoms with E-state index in [0.29, 0.717) is 24.3 Å². The van der Waals surface area contributed by atoms with Crippen molar-refractivity contribution in [2.24, 2.45) is 0 Å². The Bertz CT molecular complexity index is 741. The van der Waals surface area contributed by atoms with Gasteiger partial charge in [0.15, 0.2) is 0 Å². The summed E-state index contributed by atoms with van der Waals surface area (Å²) in [6, 6.07) is 14.4. The normalized spacial score (nSPS) is 17.8. The minimum atomic E-state index is -1.08. The second-order valence-electron chi connectivity index (χ2n) is 6.15. The molecule has 6 heteroatoms. The fraction of sp³-hybridized carbons (Fsp3) is 0.368. The van der Waals surface area contributed by atoms with E-state index in [0.717, 1.165) is 12.0 Å². The first-order valence-electron chi connectivity index (χ1n) is 8.31. The molecular formula is C19H21NO5. The van der Waals surface area contributed by atoms with Crippen LogP contribution >= 0.6 is 0 Å². The maximum atomic E-state index is 11.3. The van der Waals surface area contributed by atoms with Crippen molar-refractivity contribution in [3.8, 4) is 0 Å². The van der Waals surface area contributed by atoms with E-state index in [2.05, 4.69) is 0 Å². The zero-order valence-corrected chi connectivity index (χ0v) is 14.1. The molecule has 1 saturated heterocycles. The third-order valence-electron chi connectivity index (χ3n) is 4.46. The number of aliphatic hydroxyl groups excluding tert-OH is 1. The maximum Gasteiger partial charge on any atom is 0.272 e. The molecule has 1 unspecified atom stereocenters. The van der Waals surface area contributed by atoms with Crippen molar-refractivity contribution in [2.45, 2.75) is 25.0 Å². The first-order valence-corrected chi connectivity index (χ1v) is 8.31. The quantitative estimate of drug-likeness (QED) is 0.665. The fourth-order valence-electron chi connectivity index (χ4n) is 3.11. The van der Waals surface area contributed by atoms with Crippen molar-refractivity contribution in [1.29, 1.82) is 0 Å². The van der Waals surface area contributed by atoms with Crippen LogP contribution in [0.4, 0.5) is 5.69 Å². The van der Waals surface area contributed by atoms with Gasteiger partial charge in [-0.2, -0.15) is 0 Å². The van der Waals surface area contributed by atoms with Crippen LogP contribution in [0.3, 0.4) is 0 Å². The summed E-state index contributed by atoms with van der Waals surface area (Å²) < 4.78 is 12.1. The fourth-order valence-corrected chi connectivity index (χ4v) is 3.11. The van der Waals surface area contributed by atoms with Crippen molar-refractivity contribution in [3.63, 3.8) is 0 Å². The topological polar surface area (TPSA) is 81.8 Å². The summed E-state index contributed by atoms with van der Waals surface area (Å²) in [7, 11) is 0. The van der Waals surface area contributed by atoms with Gasteiger partial charge in [-0.15, -0.1) is 0 Å². The molecule has 0 aliphatic carbocycles. The number of hydrogen-bond acceptors (Lipinski definition) is 5. The molecule has 6 nitrogen and oxygen atoms in total. The van der Waals surface area contributed by atoms with Gasteiger partial charge < -0.3 is 14.6 Å². The summed E-state index contributed by atoms with van der Waals surface area (Å²) >= 11 is 0. The third kappa shape index (κ3) is 3.28. The van der Waals surface area contributed by atoms with E-state index >= 15 is 0 Å². The van der Waals surface area contributed by atoms with E-state index in [-0.39, 0.29) is 18.2 Å². The Morgan fingerprint density at radius 2 is 1.84 bits per heavy atom. The lowest BCUT2D eigenvalue weighted by atomic mass is 9.91. The van der Waals surface area contributed by atoms with Gasteiger partial charge in [0.2, 0.25) is 5.79 Å². The molecule has 3 rings (SSSR count). The monoisotopic (exact) mass is 343 g/mol. The highest BCUT2D eigenvalue weighted by Gasteiger charge is 2.40. The van der Waals surface area contributed by atoms with Crippen LogP contribution in [0.5, 0.6) is 0 Å². The van der Waals surface area contributed by atoms with Crippen LogP contribution in [0.1, 0.15) is 36.0 Å². The molecule has 1 N–H and O–H groups in total. The van der Waals surface area contributed by atoms with Gasteiger partial charge in [0, 0.05) is 35.3 Å². The standard InChI is InChI=1S/C19H21NO5/c1-14(13-21)17-12-16(8-9-18(17)20(22)23)19(24-10-5-11-25-19)15-6-3-2-4-7-15/h2-4,6-9,12,14,21H,5,10-11,13H2,1H3. The summed E-state index contributed by atoms with van der Waals surface area (Å²) in [6.45, 7) is 2.65. The average molecular weight is 343 g/mol. The maximum absolute atomic E-state index is 11.3. The molecular weight excluding hydrogens is 322 g/mol. The van der Waals surface area contributed by atoms with Crippen LogP contribution in [0, 0.1) is 10.1 Å². The minimum absolute atomic E-state index is 0.00989. The molecule has 0 radical (unpaired) electrons. The van der Waals surface area contributed by atoms with Gasteiger partial charge >= 0.3 is 0 Å². The molecule has 0 saturated carbocycles. The van der Waals surface area contributed by atoms with E-state index in [4.69, 9.17) is 9.47 Å². The number of nitrogens with zero attached hydrogens (tertiary/aromatic N) is 1. The lowest BCUT2D eigenvalue weighted by molar-refractivity contribution is -0.385. The van der Waals surface area contributed by atoms with Gasteiger partial charge in [-0.3, -0.25) is 10.1 Å². The highest BCUT2D eigenvalue weighted by Crippen LogP contribution is 2.40. The molecule has 0 spiro atoms. The van der Waals surface area contributed by atoms with E-state index in [1.807, 2.05) is 30.3 Å². The van der Waals surface area contributed by atoms with Crippen LogP contribution in [-0.4, -0.2) is 29.9 Å². The minimum Gasteiger partial charge on any atom is -0.396 e. The summed E-state index contributed by atoms with van der Waals surface area (Å²) in [5.41, 5.74) is 1.99. The number of ether oxygens (including phenoxy) is 2. The molecule has 0 aromatic heterocycles. The van der Waals surface area contributed by atoms with Crippen molar-refractivity contribution in [2.75, 3.05) is 19.8 Å². The molecule has 1 aliphatic rings. The molecule has 25 heavy (non-hydrogen) atoms. The van der Waals surface area contributed by atoms with Gasteiger partial charge in [-0.25, -0.2) is 0 Å². The largest absolute Gasteiger partial charge is 0.396 e. The van der Waals surface area contributed by atoms with Crippen LogP contribution in [-0.2, 0) is 15.3 Å². The third-order valence-corrected chi connectivity index (χ3v) is 4.46. The van der Waals surface area contributed by atoms with E-state index < -0.39 is 10.7 Å². The lowest BCUT2D eigenvalue weighted by Gasteiger charge is -2.38. The number of rotatable bonds is 5. The molecule has 1 atom stereocenters. The number of nitro groups is 1. The second kappa shape index (κ2) is 7.31. The number of benzene rings is 2. The molecule has 1 fully saturated rings.